The maximum Gasteiger partial charge on any atom is 0.270 e. The Bertz CT molecular complexity index is 439. The molecule has 19 heavy (non-hydrogen) atoms. The van der Waals surface area contributed by atoms with E-state index in [9.17, 15) is 15.2 Å². The Morgan fingerprint density at radius 1 is 1.42 bits per heavy atom. The molecule has 2 N–H and O–H groups in total. The molecule has 0 aromatic heterocycles. The lowest BCUT2D eigenvalue weighted by molar-refractivity contribution is -0.384. The third-order valence-electron chi connectivity index (χ3n) is 3.56. The standard InChI is InChI=1S/C13H19BrN2O3/c1-3-13(4-2,9-17)15-8-10-5-6-11(16(18)19)7-12(10)14/h5-7,15,17H,3-4,8-9H2,1-2H3. The van der Waals surface area contributed by atoms with Crippen molar-refractivity contribution in [1.82, 2.24) is 5.32 Å². The number of rotatable bonds is 7. The molecule has 1 aromatic carbocycles. The third-order valence-corrected chi connectivity index (χ3v) is 4.30. The molecule has 0 saturated heterocycles. The second kappa shape index (κ2) is 6.98. The third kappa shape index (κ3) is 3.99. The Labute approximate surface area is 121 Å². The predicted octanol–water partition coefficient (Wildman–Crippen LogP) is 3.00. The van der Waals surface area contributed by atoms with Crippen molar-refractivity contribution in [3.8, 4) is 0 Å². The van der Waals surface area contributed by atoms with Crippen LogP contribution in [0.3, 0.4) is 0 Å². The summed E-state index contributed by atoms with van der Waals surface area (Å²) in [6, 6.07) is 4.71. The summed E-state index contributed by atoms with van der Waals surface area (Å²) < 4.78 is 0.702. The van der Waals surface area contributed by atoms with Crippen molar-refractivity contribution in [3.05, 3.63) is 38.3 Å². The largest absolute Gasteiger partial charge is 0.394 e. The van der Waals surface area contributed by atoms with Crippen molar-refractivity contribution >= 4 is 21.6 Å². The molecule has 0 radical (unpaired) electrons. The van der Waals surface area contributed by atoms with Gasteiger partial charge in [-0.1, -0.05) is 29.8 Å². The van der Waals surface area contributed by atoms with E-state index in [0.717, 1.165) is 18.4 Å². The molecule has 1 aromatic rings. The lowest BCUT2D eigenvalue weighted by Gasteiger charge is -2.31. The quantitative estimate of drug-likeness (QED) is 0.595. The fraction of sp³-hybridized carbons (Fsp3) is 0.538. The number of benzene rings is 1. The highest BCUT2D eigenvalue weighted by molar-refractivity contribution is 9.10. The Kier molecular flexibility index (Phi) is 5.90. The molecule has 0 fully saturated rings. The molecule has 0 aliphatic heterocycles. The minimum atomic E-state index is -0.419. The van der Waals surface area contributed by atoms with Crippen LogP contribution < -0.4 is 5.32 Å². The number of nitro groups is 1. The van der Waals surface area contributed by atoms with Crippen LogP contribution in [-0.4, -0.2) is 22.2 Å². The van der Waals surface area contributed by atoms with Crippen LogP contribution >= 0.6 is 15.9 Å². The Hall–Kier alpha value is -0.980. The van der Waals surface area contributed by atoms with Crippen LogP contribution in [0.25, 0.3) is 0 Å². The number of nitro benzene ring substituents is 1. The zero-order valence-electron chi connectivity index (χ0n) is 11.1. The van der Waals surface area contributed by atoms with E-state index in [1.54, 1.807) is 6.07 Å². The lowest BCUT2D eigenvalue weighted by Crippen LogP contribution is -2.47. The van der Waals surface area contributed by atoms with Crippen molar-refractivity contribution in [2.45, 2.75) is 38.8 Å². The van der Waals surface area contributed by atoms with Gasteiger partial charge in [-0.3, -0.25) is 10.1 Å². The monoisotopic (exact) mass is 330 g/mol. The summed E-state index contributed by atoms with van der Waals surface area (Å²) in [5, 5.41) is 23.5. The normalized spacial score (nSPS) is 11.6. The van der Waals surface area contributed by atoms with Gasteiger partial charge in [0.2, 0.25) is 0 Å². The SMILES string of the molecule is CCC(CC)(CO)NCc1ccc([N+](=O)[O-])cc1Br. The summed E-state index contributed by atoms with van der Waals surface area (Å²) in [4.78, 5) is 10.2. The molecule has 0 aliphatic carbocycles. The molecule has 0 saturated carbocycles. The first-order valence-corrected chi connectivity index (χ1v) is 7.06. The number of hydrogen-bond donors (Lipinski definition) is 2. The van der Waals surface area contributed by atoms with Crippen LogP contribution in [0.4, 0.5) is 5.69 Å². The highest BCUT2D eigenvalue weighted by Gasteiger charge is 2.24. The van der Waals surface area contributed by atoms with Crippen LogP contribution in [0.15, 0.2) is 22.7 Å². The molecule has 0 bridgehead atoms. The van der Waals surface area contributed by atoms with Crippen molar-refractivity contribution < 1.29 is 10.0 Å². The number of aliphatic hydroxyl groups excluding tert-OH is 1. The van der Waals surface area contributed by atoms with E-state index in [2.05, 4.69) is 21.2 Å². The van der Waals surface area contributed by atoms with Crippen LogP contribution in [0, 0.1) is 10.1 Å². The van der Waals surface area contributed by atoms with Crippen molar-refractivity contribution in [3.63, 3.8) is 0 Å². The smallest absolute Gasteiger partial charge is 0.270 e. The summed E-state index contributed by atoms with van der Waals surface area (Å²) in [6.07, 6.45) is 1.65. The maximum absolute atomic E-state index is 10.7. The van der Waals surface area contributed by atoms with Gasteiger partial charge in [0, 0.05) is 28.7 Å². The second-order valence-electron chi connectivity index (χ2n) is 4.53. The van der Waals surface area contributed by atoms with Crippen LogP contribution in [-0.2, 0) is 6.54 Å². The molecule has 0 amide bonds. The van der Waals surface area contributed by atoms with Gasteiger partial charge in [-0.2, -0.15) is 0 Å². The summed E-state index contributed by atoms with van der Waals surface area (Å²) in [5.41, 5.74) is 0.710. The second-order valence-corrected chi connectivity index (χ2v) is 5.39. The minimum Gasteiger partial charge on any atom is -0.394 e. The Morgan fingerprint density at radius 2 is 2.05 bits per heavy atom. The fourth-order valence-corrected chi connectivity index (χ4v) is 2.36. The highest BCUT2D eigenvalue weighted by Crippen LogP contribution is 2.24. The number of nitrogens with one attached hydrogen (secondary N) is 1. The first-order valence-electron chi connectivity index (χ1n) is 6.26. The lowest BCUT2D eigenvalue weighted by atomic mass is 9.93. The van der Waals surface area contributed by atoms with Gasteiger partial charge in [0.1, 0.15) is 0 Å². The molecule has 106 valence electrons. The zero-order valence-corrected chi connectivity index (χ0v) is 12.7. The van der Waals surface area contributed by atoms with E-state index in [0.29, 0.717) is 11.0 Å². The number of non-ortho nitro benzene ring substituents is 1. The molecule has 0 atom stereocenters. The van der Waals surface area contributed by atoms with Crippen molar-refractivity contribution in [2.75, 3.05) is 6.61 Å². The van der Waals surface area contributed by atoms with Gasteiger partial charge in [0.25, 0.3) is 5.69 Å². The molecule has 1 rings (SSSR count). The maximum atomic E-state index is 10.7. The van der Waals surface area contributed by atoms with E-state index in [1.165, 1.54) is 12.1 Å². The number of nitrogens with zero attached hydrogens (tertiary/aromatic N) is 1. The van der Waals surface area contributed by atoms with Gasteiger partial charge < -0.3 is 10.4 Å². The first kappa shape index (κ1) is 16.1. The van der Waals surface area contributed by atoms with Gasteiger partial charge in [0.05, 0.1) is 11.5 Å². The van der Waals surface area contributed by atoms with E-state index in [-0.39, 0.29) is 17.8 Å². The van der Waals surface area contributed by atoms with Gasteiger partial charge >= 0.3 is 0 Å². The average Bonchev–Trinajstić information content (AvgIpc) is 2.42. The average molecular weight is 331 g/mol. The number of halogens is 1. The molecular weight excluding hydrogens is 312 g/mol. The first-order chi connectivity index (χ1) is 8.98. The summed E-state index contributed by atoms with van der Waals surface area (Å²) >= 11 is 3.34. The van der Waals surface area contributed by atoms with Gasteiger partial charge in [0.15, 0.2) is 0 Å². The van der Waals surface area contributed by atoms with E-state index >= 15 is 0 Å². The molecule has 0 spiro atoms. The molecule has 5 nitrogen and oxygen atoms in total. The summed E-state index contributed by atoms with van der Waals surface area (Å²) in [5.74, 6) is 0. The minimum absolute atomic E-state index is 0.0648. The van der Waals surface area contributed by atoms with E-state index < -0.39 is 4.92 Å². The molecule has 0 unspecified atom stereocenters. The molecule has 0 aliphatic rings. The molecule has 6 heteroatoms. The Balaban J connectivity index is 2.80. The Morgan fingerprint density at radius 3 is 2.47 bits per heavy atom. The van der Waals surface area contributed by atoms with Gasteiger partial charge in [-0.05, 0) is 24.5 Å². The topological polar surface area (TPSA) is 75.4 Å². The van der Waals surface area contributed by atoms with E-state index in [4.69, 9.17) is 0 Å². The predicted molar refractivity (Wildman–Crippen MR) is 78.0 cm³/mol. The number of hydrogen-bond acceptors (Lipinski definition) is 4. The van der Waals surface area contributed by atoms with Crippen molar-refractivity contribution in [2.24, 2.45) is 0 Å². The highest BCUT2D eigenvalue weighted by atomic mass is 79.9. The van der Waals surface area contributed by atoms with E-state index in [1.807, 2.05) is 13.8 Å². The van der Waals surface area contributed by atoms with Crippen LogP contribution in [0.5, 0.6) is 0 Å². The van der Waals surface area contributed by atoms with Gasteiger partial charge in [-0.15, -0.1) is 0 Å². The van der Waals surface area contributed by atoms with Crippen LogP contribution in [0.1, 0.15) is 32.3 Å². The van der Waals surface area contributed by atoms with Crippen LogP contribution in [0.2, 0.25) is 0 Å². The van der Waals surface area contributed by atoms with Gasteiger partial charge in [-0.25, -0.2) is 0 Å². The molecular formula is C13H19BrN2O3. The number of aliphatic hydroxyl groups is 1. The summed E-state index contributed by atoms with van der Waals surface area (Å²) in [7, 11) is 0. The fourth-order valence-electron chi connectivity index (χ4n) is 1.86. The molecule has 0 heterocycles. The summed E-state index contributed by atoms with van der Waals surface area (Å²) in [6.45, 7) is 4.68. The van der Waals surface area contributed by atoms with Crippen molar-refractivity contribution in [1.29, 1.82) is 0 Å². The zero-order chi connectivity index (χ0) is 14.5.